The fourth-order valence-corrected chi connectivity index (χ4v) is 2.63. The predicted octanol–water partition coefficient (Wildman–Crippen LogP) is 3.60. The molecule has 0 radical (unpaired) electrons. The number of amides is 1. The average molecular weight is 374 g/mol. The molecule has 5 nitrogen and oxygen atoms in total. The molecular weight excluding hydrogens is 354 g/mol. The summed E-state index contributed by atoms with van der Waals surface area (Å²) >= 11 is 6.24. The molecule has 6 heteroatoms. The molecule has 1 fully saturated rings. The van der Waals surface area contributed by atoms with Crippen LogP contribution in [0.3, 0.4) is 0 Å². The van der Waals surface area contributed by atoms with Crippen LogP contribution < -0.4 is 10.1 Å². The van der Waals surface area contributed by atoms with E-state index >= 15 is 0 Å². The fraction of sp³-hybridized carbons (Fsp3) is 0.300. The van der Waals surface area contributed by atoms with Crippen LogP contribution in [-0.2, 0) is 14.3 Å². The topological polar surface area (TPSA) is 64.6 Å². The molecule has 136 valence electrons. The van der Waals surface area contributed by atoms with Gasteiger partial charge in [-0.05, 0) is 43.0 Å². The Labute approximate surface area is 157 Å². The Balaban J connectivity index is 1.52. The average Bonchev–Trinajstić information content (AvgIpc) is 3.45. The Morgan fingerprint density at radius 3 is 2.54 bits per heavy atom. The van der Waals surface area contributed by atoms with E-state index in [-0.39, 0.29) is 18.6 Å². The Kier molecular flexibility index (Phi) is 5.78. The molecular formula is C20H20ClNO4. The monoisotopic (exact) mass is 373 g/mol. The van der Waals surface area contributed by atoms with Gasteiger partial charge in [0.1, 0.15) is 5.75 Å². The molecule has 1 N–H and O–H groups in total. The molecule has 1 aliphatic rings. The minimum absolute atomic E-state index is 0.224. The van der Waals surface area contributed by atoms with Crippen molar-refractivity contribution in [3.8, 4) is 16.9 Å². The van der Waals surface area contributed by atoms with E-state index in [4.69, 9.17) is 21.1 Å². The van der Waals surface area contributed by atoms with E-state index in [0.29, 0.717) is 10.8 Å². The van der Waals surface area contributed by atoms with E-state index in [1.165, 1.54) is 6.92 Å². The molecule has 0 aromatic heterocycles. The van der Waals surface area contributed by atoms with Crippen molar-refractivity contribution in [2.75, 3.05) is 6.61 Å². The first-order chi connectivity index (χ1) is 12.5. The highest BCUT2D eigenvalue weighted by molar-refractivity contribution is 6.32. The lowest BCUT2D eigenvalue weighted by atomic mass is 10.1. The molecule has 0 heterocycles. The first kappa shape index (κ1) is 18.3. The smallest absolute Gasteiger partial charge is 0.344 e. The van der Waals surface area contributed by atoms with Crippen molar-refractivity contribution in [1.29, 1.82) is 0 Å². The fourth-order valence-electron chi connectivity index (χ4n) is 2.40. The third-order valence-corrected chi connectivity index (χ3v) is 4.28. The summed E-state index contributed by atoms with van der Waals surface area (Å²) in [6.45, 7) is 1.22. The van der Waals surface area contributed by atoms with Crippen LogP contribution in [0.1, 0.15) is 19.8 Å². The zero-order valence-corrected chi connectivity index (χ0v) is 15.2. The highest BCUT2D eigenvalue weighted by Gasteiger charge is 2.27. The van der Waals surface area contributed by atoms with Gasteiger partial charge in [-0.25, -0.2) is 4.79 Å². The first-order valence-electron chi connectivity index (χ1n) is 8.50. The van der Waals surface area contributed by atoms with Crippen molar-refractivity contribution < 1.29 is 19.1 Å². The molecule has 2 aromatic carbocycles. The molecule has 0 saturated heterocycles. The number of carbonyl (C=O) groups is 2. The summed E-state index contributed by atoms with van der Waals surface area (Å²) in [5.74, 6) is -0.517. The number of ether oxygens (including phenoxy) is 2. The second-order valence-corrected chi connectivity index (χ2v) is 6.62. The van der Waals surface area contributed by atoms with Gasteiger partial charge in [-0.3, -0.25) is 4.79 Å². The lowest BCUT2D eigenvalue weighted by Gasteiger charge is -2.14. The number of benzene rings is 2. The van der Waals surface area contributed by atoms with Gasteiger partial charge in [0.2, 0.25) is 0 Å². The van der Waals surface area contributed by atoms with E-state index in [1.807, 2.05) is 36.4 Å². The summed E-state index contributed by atoms with van der Waals surface area (Å²) in [5, 5.41) is 3.19. The number of nitrogens with one attached hydrogen (secondary N) is 1. The summed E-state index contributed by atoms with van der Waals surface area (Å²) in [5.41, 5.74) is 1.99. The van der Waals surface area contributed by atoms with E-state index in [9.17, 15) is 9.59 Å². The zero-order valence-electron chi connectivity index (χ0n) is 14.4. The molecule has 0 unspecified atom stereocenters. The van der Waals surface area contributed by atoms with Crippen LogP contribution in [0.5, 0.6) is 5.75 Å². The zero-order chi connectivity index (χ0) is 18.5. The highest BCUT2D eigenvalue weighted by Crippen LogP contribution is 2.30. The van der Waals surface area contributed by atoms with Crippen molar-refractivity contribution in [1.82, 2.24) is 5.32 Å². The molecule has 1 atom stereocenters. The quantitative estimate of drug-likeness (QED) is 0.753. The molecule has 3 rings (SSSR count). The summed E-state index contributed by atoms with van der Waals surface area (Å²) in [7, 11) is 0. The number of hydrogen-bond acceptors (Lipinski definition) is 4. The standard InChI is InChI=1S/C20H20ClNO4/c1-13(20(24)22-16-8-9-16)26-19(23)12-25-18-10-7-15(11-17(18)21)14-5-3-2-4-6-14/h2-7,10-11,13,16H,8-9,12H2,1H3,(H,22,24)/t13-/m1/s1. The largest absolute Gasteiger partial charge is 0.480 e. The van der Waals surface area contributed by atoms with Crippen LogP contribution in [-0.4, -0.2) is 30.6 Å². The van der Waals surface area contributed by atoms with Gasteiger partial charge < -0.3 is 14.8 Å². The SMILES string of the molecule is C[C@@H](OC(=O)COc1ccc(-c2ccccc2)cc1Cl)C(=O)NC1CC1. The number of esters is 1. The van der Waals surface area contributed by atoms with Gasteiger partial charge in [0, 0.05) is 6.04 Å². The molecule has 1 saturated carbocycles. The van der Waals surface area contributed by atoms with Crippen LogP contribution in [0.2, 0.25) is 5.02 Å². The Morgan fingerprint density at radius 1 is 1.15 bits per heavy atom. The van der Waals surface area contributed by atoms with Gasteiger partial charge in [0.15, 0.2) is 12.7 Å². The Hall–Kier alpha value is -2.53. The highest BCUT2D eigenvalue weighted by atomic mass is 35.5. The number of hydrogen-bond donors (Lipinski definition) is 1. The normalized spacial score (nSPS) is 14.4. The maximum atomic E-state index is 11.9. The van der Waals surface area contributed by atoms with Gasteiger partial charge in [-0.1, -0.05) is 48.0 Å². The van der Waals surface area contributed by atoms with E-state index in [0.717, 1.165) is 24.0 Å². The number of halogens is 1. The molecule has 26 heavy (non-hydrogen) atoms. The van der Waals surface area contributed by atoms with Gasteiger partial charge in [0.05, 0.1) is 5.02 Å². The van der Waals surface area contributed by atoms with Gasteiger partial charge in [-0.15, -0.1) is 0 Å². The summed E-state index contributed by atoms with van der Waals surface area (Å²) in [6, 6.07) is 15.4. The lowest BCUT2D eigenvalue weighted by Crippen LogP contribution is -2.37. The van der Waals surface area contributed by atoms with E-state index in [1.54, 1.807) is 12.1 Å². The van der Waals surface area contributed by atoms with E-state index in [2.05, 4.69) is 5.32 Å². The third-order valence-electron chi connectivity index (χ3n) is 3.99. The molecule has 2 aromatic rings. The minimum atomic E-state index is -0.845. The molecule has 1 amide bonds. The second kappa shape index (κ2) is 8.23. The summed E-state index contributed by atoms with van der Waals surface area (Å²) < 4.78 is 10.5. The maximum absolute atomic E-state index is 11.9. The van der Waals surface area contributed by atoms with Crippen molar-refractivity contribution in [2.45, 2.75) is 31.9 Å². The molecule has 0 bridgehead atoms. The lowest BCUT2D eigenvalue weighted by molar-refractivity contribution is -0.156. The van der Waals surface area contributed by atoms with Crippen molar-refractivity contribution >= 4 is 23.5 Å². The van der Waals surface area contributed by atoms with Crippen LogP contribution in [0.15, 0.2) is 48.5 Å². The van der Waals surface area contributed by atoms with Gasteiger partial charge in [0.25, 0.3) is 5.91 Å². The molecule has 1 aliphatic carbocycles. The maximum Gasteiger partial charge on any atom is 0.344 e. The van der Waals surface area contributed by atoms with Crippen LogP contribution >= 0.6 is 11.6 Å². The molecule has 0 spiro atoms. The summed E-state index contributed by atoms with van der Waals surface area (Å²) in [6.07, 6.45) is 1.11. The van der Waals surface area contributed by atoms with Crippen LogP contribution in [0, 0.1) is 0 Å². The van der Waals surface area contributed by atoms with Gasteiger partial charge in [-0.2, -0.15) is 0 Å². The van der Waals surface area contributed by atoms with E-state index < -0.39 is 12.1 Å². The van der Waals surface area contributed by atoms with Crippen molar-refractivity contribution in [2.24, 2.45) is 0 Å². The first-order valence-corrected chi connectivity index (χ1v) is 8.88. The predicted molar refractivity (Wildman–Crippen MR) is 99.1 cm³/mol. The second-order valence-electron chi connectivity index (χ2n) is 6.21. The minimum Gasteiger partial charge on any atom is -0.480 e. The van der Waals surface area contributed by atoms with Gasteiger partial charge >= 0.3 is 5.97 Å². The number of carbonyl (C=O) groups excluding carboxylic acids is 2. The number of rotatable bonds is 7. The summed E-state index contributed by atoms with van der Waals surface area (Å²) in [4.78, 5) is 23.6. The van der Waals surface area contributed by atoms with Crippen LogP contribution in [0.4, 0.5) is 0 Å². The van der Waals surface area contributed by atoms with Crippen molar-refractivity contribution in [3.05, 3.63) is 53.6 Å². The Morgan fingerprint density at radius 2 is 1.88 bits per heavy atom. The Bertz CT molecular complexity index is 790. The van der Waals surface area contributed by atoms with Crippen molar-refractivity contribution in [3.63, 3.8) is 0 Å². The van der Waals surface area contributed by atoms with Crippen LogP contribution in [0.25, 0.3) is 11.1 Å². The molecule has 0 aliphatic heterocycles. The third kappa shape index (κ3) is 4.99.